The molecule has 1 atom stereocenters. The maximum Gasteiger partial charge on any atom is 0.0480 e. The van der Waals surface area contributed by atoms with Crippen LogP contribution in [0.15, 0.2) is 10.8 Å². The molecule has 1 rings (SSSR count). The molecule has 1 N–H and O–H groups in total. The van der Waals surface area contributed by atoms with Gasteiger partial charge in [-0.05, 0) is 37.1 Å². The van der Waals surface area contributed by atoms with E-state index in [0.29, 0.717) is 6.04 Å². The molecule has 0 amide bonds. The van der Waals surface area contributed by atoms with Gasteiger partial charge in [0.25, 0.3) is 0 Å². The van der Waals surface area contributed by atoms with Crippen LogP contribution in [0.1, 0.15) is 32.8 Å². The molecule has 0 spiro atoms. The normalized spacial score (nSPS) is 13.3. The minimum atomic E-state index is 0.577. The molecular formula is C11H19NS. The van der Waals surface area contributed by atoms with Crippen LogP contribution in [0.3, 0.4) is 0 Å². The Morgan fingerprint density at radius 1 is 1.31 bits per heavy atom. The third kappa shape index (κ3) is 3.39. The first-order chi connectivity index (χ1) is 6.09. The zero-order valence-electron chi connectivity index (χ0n) is 8.92. The van der Waals surface area contributed by atoms with Gasteiger partial charge in [0.05, 0.1) is 0 Å². The molecule has 0 fully saturated rings. The number of aryl methyl sites for hydroxylation is 1. The summed E-state index contributed by atoms with van der Waals surface area (Å²) in [6.07, 6.45) is 1.23. The van der Waals surface area contributed by atoms with Gasteiger partial charge in [-0.3, -0.25) is 0 Å². The molecule has 0 aromatic carbocycles. The average molecular weight is 197 g/mol. The van der Waals surface area contributed by atoms with Gasteiger partial charge in [-0.25, -0.2) is 0 Å². The van der Waals surface area contributed by atoms with Crippen LogP contribution < -0.4 is 5.32 Å². The summed E-state index contributed by atoms with van der Waals surface area (Å²) in [4.78, 5) is 0. The van der Waals surface area contributed by atoms with Gasteiger partial charge in [-0.1, -0.05) is 13.8 Å². The fourth-order valence-electron chi connectivity index (χ4n) is 1.54. The average Bonchev–Trinajstić information content (AvgIpc) is 2.34. The monoisotopic (exact) mass is 197 g/mol. The molecule has 1 aromatic rings. The zero-order chi connectivity index (χ0) is 9.84. The van der Waals surface area contributed by atoms with Crippen molar-refractivity contribution in [3.8, 4) is 0 Å². The molecule has 74 valence electrons. The largest absolute Gasteiger partial charge is 0.382 e. The lowest BCUT2D eigenvalue weighted by molar-refractivity contribution is 0.540. The Labute approximate surface area is 85.2 Å². The van der Waals surface area contributed by atoms with E-state index in [9.17, 15) is 0 Å². The van der Waals surface area contributed by atoms with Crippen LogP contribution in [0, 0.1) is 12.8 Å². The molecule has 1 heterocycles. The van der Waals surface area contributed by atoms with Crippen LogP contribution in [-0.4, -0.2) is 6.04 Å². The van der Waals surface area contributed by atoms with Crippen LogP contribution in [0.25, 0.3) is 0 Å². The Kier molecular flexibility index (Phi) is 3.79. The van der Waals surface area contributed by atoms with Crippen LogP contribution in [0.5, 0.6) is 0 Å². The quantitative estimate of drug-likeness (QED) is 0.772. The first-order valence-electron chi connectivity index (χ1n) is 4.89. The SMILES string of the molecule is Cc1cscc1NC(C)CC(C)C. The Hall–Kier alpha value is -0.500. The Balaban J connectivity index is 2.45. The summed E-state index contributed by atoms with van der Waals surface area (Å²) in [6, 6.07) is 0.577. The van der Waals surface area contributed by atoms with Crippen LogP contribution in [0.2, 0.25) is 0 Å². The van der Waals surface area contributed by atoms with Crippen molar-refractivity contribution >= 4 is 17.0 Å². The summed E-state index contributed by atoms with van der Waals surface area (Å²) < 4.78 is 0. The second-order valence-electron chi connectivity index (χ2n) is 4.14. The molecule has 13 heavy (non-hydrogen) atoms. The lowest BCUT2D eigenvalue weighted by atomic mass is 10.1. The fraction of sp³-hybridized carbons (Fsp3) is 0.636. The summed E-state index contributed by atoms with van der Waals surface area (Å²) in [5.41, 5.74) is 2.67. The molecule has 0 aliphatic carbocycles. The van der Waals surface area contributed by atoms with E-state index in [1.807, 2.05) is 0 Å². The number of hydrogen-bond donors (Lipinski definition) is 1. The summed E-state index contributed by atoms with van der Waals surface area (Å²) in [5, 5.41) is 7.90. The second-order valence-corrected chi connectivity index (χ2v) is 4.89. The van der Waals surface area contributed by atoms with Crippen molar-refractivity contribution in [3.05, 3.63) is 16.3 Å². The van der Waals surface area contributed by atoms with Crippen LogP contribution in [-0.2, 0) is 0 Å². The predicted octanol–water partition coefficient (Wildman–Crippen LogP) is 3.90. The first-order valence-corrected chi connectivity index (χ1v) is 5.83. The molecule has 0 bridgehead atoms. The lowest BCUT2D eigenvalue weighted by Gasteiger charge is -2.16. The highest BCUT2D eigenvalue weighted by Gasteiger charge is 2.06. The second kappa shape index (κ2) is 4.66. The molecule has 1 unspecified atom stereocenters. The standard InChI is InChI=1S/C11H19NS/c1-8(2)5-10(4)12-11-7-13-6-9(11)3/h6-8,10,12H,5H2,1-4H3. The molecular weight excluding hydrogens is 178 g/mol. The van der Waals surface area contributed by atoms with Gasteiger partial charge in [0.1, 0.15) is 0 Å². The maximum absolute atomic E-state index is 3.53. The van der Waals surface area contributed by atoms with Gasteiger partial charge < -0.3 is 5.32 Å². The van der Waals surface area contributed by atoms with Gasteiger partial charge in [-0.2, -0.15) is 0 Å². The highest BCUT2D eigenvalue weighted by Crippen LogP contribution is 2.21. The van der Waals surface area contributed by atoms with E-state index in [1.165, 1.54) is 17.7 Å². The van der Waals surface area contributed by atoms with Crippen molar-refractivity contribution in [1.29, 1.82) is 0 Å². The minimum absolute atomic E-state index is 0.577. The van der Waals surface area contributed by atoms with E-state index in [1.54, 1.807) is 11.3 Å². The van der Waals surface area contributed by atoms with Crippen molar-refractivity contribution in [3.63, 3.8) is 0 Å². The molecule has 0 aliphatic rings. The number of anilines is 1. The molecule has 1 aromatic heterocycles. The molecule has 1 nitrogen and oxygen atoms in total. The van der Waals surface area contributed by atoms with Crippen molar-refractivity contribution in [2.24, 2.45) is 5.92 Å². The molecule has 0 saturated carbocycles. The Bertz CT molecular complexity index is 252. The topological polar surface area (TPSA) is 12.0 Å². The fourth-order valence-corrected chi connectivity index (χ4v) is 2.33. The molecule has 2 heteroatoms. The van der Waals surface area contributed by atoms with Gasteiger partial charge in [-0.15, -0.1) is 11.3 Å². The summed E-state index contributed by atoms with van der Waals surface area (Å²) in [6.45, 7) is 8.93. The van der Waals surface area contributed by atoms with E-state index >= 15 is 0 Å². The van der Waals surface area contributed by atoms with E-state index < -0.39 is 0 Å². The lowest BCUT2D eigenvalue weighted by Crippen LogP contribution is -2.17. The first kappa shape index (κ1) is 10.6. The highest BCUT2D eigenvalue weighted by atomic mass is 32.1. The van der Waals surface area contributed by atoms with Gasteiger partial charge in [0, 0.05) is 17.1 Å². The number of hydrogen-bond acceptors (Lipinski definition) is 2. The highest BCUT2D eigenvalue weighted by molar-refractivity contribution is 7.08. The van der Waals surface area contributed by atoms with Gasteiger partial charge in [0.2, 0.25) is 0 Å². The van der Waals surface area contributed by atoms with E-state index in [-0.39, 0.29) is 0 Å². The smallest absolute Gasteiger partial charge is 0.0480 e. The minimum Gasteiger partial charge on any atom is -0.382 e. The Morgan fingerprint density at radius 3 is 2.46 bits per heavy atom. The molecule has 0 saturated heterocycles. The van der Waals surface area contributed by atoms with Crippen molar-refractivity contribution < 1.29 is 0 Å². The van der Waals surface area contributed by atoms with Crippen molar-refractivity contribution in [1.82, 2.24) is 0 Å². The maximum atomic E-state index is 3.53. The number of rotatable bonds is 4. The molecule has 0 radical (unpaired) electrons. The number of thiophene rings is 1. The third-order valence-corrected chi connectivity index (χ3v) is 2.94. The summed E-state index contributed by atoms with van der Waals surface area (Å²) >= 11 is 1.76. The van der Waals surface area contributed by atoms with Crippen molar-refractivity contribution in [2.45, 2.75) is 40.2 Å². The Morgan fingerprint density at radius 2 is 2.00 bits per heavy atom. The van der Waals surface area contributed by atoms with Crippen LogP contribution in [0.4, 0.5) is 5.69 Å². The van der Waals surface area contributed by atoms with E-state index in [4.69, 9.17) is 0 Å². The zero-order valence-corrected chi connectivity index (χ0v) is 9.74. The molecule has 0 aliphatic heterocycles. The van der Waals surface area contributed by atoms with Gasteiger partial charge >= 0.3 is 0 Å². The van der Waals surface area contributed by atoms with Gasteiger partial charge in [0.15, 0.2) is 0 Å². The number of nitrogens with one attached hydrogen (secondary N) is 1. The summed E-state index contributed by atoms with van der Waals surface area (Å²) in [7, 11) is 0. The van der Waals surface area contributed by atoms with E-state index in [0.717, 1.165) is 5.92 Å². The van der Waals surface area contributed by atoms with Crippen LogP contribution >= 0.6 is 11.3 Å². The predicted molar refractivity (Wildman–Crippen MR) is 61.6 cm³/mol. The van der Waals surface area contributed by atoms with E-state index in [2.05, 4.69) is 43.8 Å². The third-order valence-electron chi connectivity index (χ3n) is 2.08. The van der Waals surface area contributed by atoms with Crippen molar-refractivity contribution in [2.75, 3.05) is 5.32 Å². The summed E-state index contributed by atoms with van der Waals surface area (Å²) in [5.74, 6) is 0.765.